The lowest BCUT2D eigenvalue weighted by molar-refractivity contribution is 0.0767. The van der Waals surface area contributed by atoms with Gasteiger partial charge in [-0.25, -0.2) is 4.98 Å². The summed E-state index contributed by atoms with van der Waals surface area (Å²) in [6.45, 7) is 6.95. The van der Waals surface area contributed by atoms with E-state index in [0.29, 0.717) is 6.04 Å². The van der Waals surface area contributed by atoms with Gasteiger partial charge in [-0.3, -0.25) is 0 Å². The topological polar surface area (TPSA) is 34.1 Å². The summed E-state index contributed by atoms with van der Waals surface area (Å²) >= 11 is 1.85. The molecular formula is C12H20N2OS. The zero-order valence-electron chi connectivity index (χ0n) is 10.1. The van der Waals surface area contributed by atoms with Crippen LogP contribution in [0.4, 0.5) is 0 Å². The second-order valence-corrected chi connectivity index (χ2v) is 5.22. The first-order valence-corrected chi connectivity index (χ1v) is 6.96. The maximum absolute atomic E-state index is 5.48. The van der Waals surface area contributed by atoms with E-state index in [1.54, 1.807) is 0 Å². The largest absolute Gasteiger partial charge is 0.378 e. The van der Waals surface area contributed by atoms with Crippen molar-refractivity contribution in [3.8, 4) is 0 Å². The molecule has 1 fully saturated rings. The van der Waals surface area contributed by atoms with Gasteiger partial charge in [0.05, 0.1) is 24.9 Å². The molecule has 1 aliphatic rings. The van der Waals surface area contributed by atoms with Crippen LogP contribution in [0.1, 0.15) is 41.9 Å². The molecule has 0 aliphatic carbocycles. The number of nitrogens with zero attached hydrogens (tertiary/aromatic N) is 1. The zero-order valence-corrected chi connectivity index (χ0v) is 10.9. The molecule has 0 saturated carbocycles. The van der Waals surface area contributed by atoms with Crippen LogP contribution in [0.15, 0.2) is 0 Å². The molecular weight excluding hydrogens is 220 g/mol. The third-order valence-electron chi connectivity index (χ3n) is 2.82. The average molecular weight is 240 g/mol. The lowest BCUT2D eigenvalue weighted by atomic mass is 10.2. The highest BCUT2D eigenvalue weighted by Crippen LogP contribution is 2.26. The summed E-state index contributed by atoms with van der Waals surface area (Å²) in [5.41, 5.74) is 1.30. The van der Waals surface area contributed by atoms with Gasteiger partial charge in [0.1, 0.15) is 5.01 Å². The van der Waals surface area contributed by atoms with Crippen molar-refractivity contribution >= 4 is 11.3 Å². The highest BCUT2D eigenvalue weighted by Gasteiger charge is 2.20. The summed E-state index contributed by atoms with van der Waals surface area (Å²) in [6, 6.07) is 0.314. The summed E-state index contributed by atoms with van der Waals surface area (Å²) in [5, 5.41) is 4.67. The van der Waals surface area contributed by atoms with E-state index in [4.69, 9.17) is 9.72 Å². The number of hydrogen-bond donors (Lipinski definition) is 1. The minimum atomic E-state index is 0.314. The molecule has 1 atom stereocenters. The quantitative estimate of drug-likeness (QED) is 0.877. The fraction of sp³-hybridized carbons (Fsp3) is 0.750. The van der Waals surface area contributed by atoms with Crippen molar-refractivity contribution < 1.29 is 4.74 Å². The number of morpholine rings is 1. The fourth-order valence-electron chi connectivity index (χ4n) is 1.98. The first kappa shape index (κ1) is 12.0. The first-order chi connectivity index (χ1) is 7.85. The molecule has 1 aliphatic heterocycles. The van der Waals surface area contributed by atoms with Gasteiger partial charge in [0.25, 0.3) is 0 Å². The Labute approximate surface area is 101 Å². The molecule has 0 bridgehead atoms. The van der Waals surface area contributed by atoms with E-state index < -0.39 is 0 Å². The number of aryl methyl sites for hydroxylation is 2. The molecule has 1 aromatic rings. The minimum Gasteiger partial charge on any atom is -0.378 e. The number of nitrogens with one attached hydrogen (secondary N) is 1. The van der Waals surface area contributed by atoms with E-state index in [1.807, 2.05) is 11.3 Å². The second-order valence-electron chi connectivity index (χ2n) is 4.11. The molecule has 1 aromatic heterocycles. The standard InChI is InChI=1S/C12H20N2OS/c1-3-5-9-11(4-2)16-12(14-9)10-8-15-7-6-13-10/h10,13H,3-8H2,1-2H3. The molecule has 90 valence electrons. The summed E-state index contributed by atoms with van der Waals surface area (Å²) in [6.07, 6.45) is 3.37. The molecule has 0 aromatic carbocycles. The van der Waals surface area contributed by atoms with Gasteiger partial charge in [-0.1, -0.05) is 20.3 Å². The van der Waals surface area contributed by atoms with Gasteiger partial charge in [0.2, 0.25) is 0 Å². The number of aromatic nitrogens is 1. The third-order valence-corrected chi connectivity index (χ3v) is 4.18. The smallest absolute Gasteiger partial charge is 0.112 e. The van der Waals surface area contributed by atoms with Crippen LogP contribution in [0, 0.1) is 0 Å². The van der Waals surface area contributed by atoms with E-state index in [2.05, 4.69) is 19.2 Å². The molecule has 1 saturated heterocycles. The van der Waals surface area contributed by atoms with Gasteiger partial charge in [0.15, 0.2) is 0 Å². The van der Waals surface area contributed by atoms with Crippen molar-refractivity contribution in [2.45, 2.75) is 39.2 Å². The van der Waals surface area contributed by atoms with Crippen molar-refractivity contribution in [1.82, 2.24) is 10.3 Å². The van der Waals surface area contributed by atoms with Gasteiger partial charge < -0.3 is 10.1 Å². The van der Waals surface area contributed by atoms with Crippen LogP contribution < -0.4 is 5.32 Å². The average Bonchev–Trinajstić information content (AvgIpc) is 2.74. The SMILES string of the molecule is CCCc1nc(C2COCCN2)sc1CC. The number of thiazole rings is 1. The Morgan fingerprint density at radius 3 is 3.00 bits per heavy atom. The fourth-order valence-corrected chi connectivity index (χ4v) is 3.10. The van der Waals surface area contributed by atoms with Crippen LogP contribution in [0.5, 0.6) is 0 Å². The van der Waals surface area contributed by atoms with Crippen LogP contribution in [-0.4, -0.2) is 24.7 Å². The van der Waals surface area contributed by atoms with Crippen molar-refractivity contribution in [2.24, 2.45) is 0 Å². The minimum absolute atomic E-state index is 0.314. The van der Waals surface area contributed by atoms with E-state index in [9.17, 15) is 0 Å². The number of hydrogen-bond acceptors (Lipinski definition) is 4. The van der Waals surface area contributed by atoms with Gasteiger partial charge in [0, 0.05) is 11.4 Å². The summed E-state index contributed by atoms with van der Waals surface area (Å²) in [4.78, 5) is 6.22. The number of ether oxygens (including phenoxy) is 1. The maximum Gasteiger partial charge on any atom is 0.112 e. The van der Waals surface area contributed by atoms with Gasteiger partial charge >= 0.3 is 0 Å². The van der Waals surface area contributed by atoms with Crippen LogP contribution in [-0.2, 0) is 17.6 Å². The summed E-state index contributed by atoms with van der Waals surface area (Å²) in [7, 11) is 0. The van der Waals surface area contributed by atoms with Crippen LogP contribution in [0.2, 0.25) is 0 Å². The highest BCUT2D eigenvalue weighted by molar-refractivity contribution is 7.11. The molecule has 1 N–H and O–H groups in total. The predicted octanol–water partition coefficient (Wildman–Crippen LogP) is 2.32. The van der Waals surface area contributed by atoms with Crippen molar-refractivity contribution in [2.75, 3.05) is 19.8 Å². The Hall–Kier alpha value is -0.450. The molecule has 1 unspecified atom stereocenters. The van der Waals surface area contributed by atoms with Gasteiger partial charge in [-0.2, -0.15) is 0 Å². The van der Waals surface area contributed by atoms with E-state index in [-0.39, 0.29) is 0 Å². The Bertz CT molecular complexity index is 332. The van der Waals surface area contributed by atoms with Crippen molar-refractivity contribution in [1.29, 1.82) is 0 Å². The monoisotopic (exact) mass is 240 g/mol. The first-order valence-electron chi connectivity index (χ1n) is 6.14. The predicted molar refractivity (Wildman–Crippen MR) is 67.0 cm³/mol. The lowest BCUT2D eigenvalue weighted by Crippen LogP contribution is -2.34. The summed E-state index contributed by atoms with van der Waals surface area (Å²) in [5.74, 6) is 0. The van der Waals surface area contributed by atoms with Crippen LogP contribution >= 0.6 is 11.3 Å². The molecule has 4 heteroatoms. The molecule has 2 heterocycles. The van der Waals surface area contributed by atoms with E-state index in [0.717, 1.165) is 32.6 Å². The lowest BCUT2D eigenvalue weighted by Gasteiger charge is -2.21. The summed E-state index contributed by atoms with van der Waals surface area (Å²) < 4.78 is 5.48. The molecule has 2 rings (SSSR count). The Morgan fingerprint density at radius 1 is 1.50 bits per heavy atom. The normalized spacial score (nSPS) is 21.2. The molecule has 16 heavy (non-hydrogen) atoms. The Kier molecular flexibility index (Phi) is 4.32. The Morgan fingerprint density at radius 2 is 2.38 bits per heavy atom. The zero-order chi connectivity index (χ0) is 11.4. The number of rotatable bonds is 4. The van der Waals surface area contributed by atoms with Crippen molar-refractivity contribution in [3.63, 3.8) is 0 Å². The van der Waals surface area contributed by atoms with Crippen molar-refractivity contribution in [3.05, 3.63) is 15.6 Å². The third kappa shape index (κ3) is 2.62. The van der Waals surface area contributed by atoms with Gasteiger partial charge in [-0.15, -0.1) is 11.3 Å². The van der Waals surface area contributed by atoms with Crippen LogP contribution in [0.3, 0.4) is 0 Å². The van der Waals surface area contributed by atoms with Gasteiger partial charge in [-0.05, 0) is 12.8 Å². The molecule has 0 spiro atoms. The van der Waals surface area contributed by atoms with Crippen LogP contribution in [0.25, 0.3) is 0 Å². The van der Waals surface area contributed by atoms with E-state index >= 15 is 0 Å². The highest BCUT2D eigenvalue weighted by atomic mass is 32.1. The second kappa shape index (κ2) is 5.75. The van der Waals surface area contributed by atoms with E-state index in [1.165, 1.54) is 22.0 Å². The Balaban J connectivity index is 2.14. The molecule has 3 nitrogen and oxygen atoms in total. The molecule has 0 amide bonds. The maximum atomic E-state index is 5.48. The molecule has 0 radical (unpaired) electrons.